The van der Waals surface area contributed by atoms with Crippen LogP contribution >= 0.6 is 12.2 Å². The first-order valence-electron chi connectivity index (χ1n) is 8.57. The molecule has 23 heavy (non-hydrogen) atoms. The van der Waals surface area contributed by atoms with Crippen molar-refractivity contribution in [2.24, 2.45) is 0 Å². The Morgan fingerprint density at radius 3 is 2.39 bits per heavy atom. The van der Waals surface area contributed by atoms with E-state index in [2.05, 4.69) is 17.6 Å². The molecular formula is C17H30N4OS+2. The van der Waals surface area contributed by atoms with E-state index in [0.29, 0.717) is 5.11 Å². The van der Waals surface area contributed by atoms with Crippen molar-refractivity contribution >= 4 is 23.0 Å². The lowest BCUT2D eigenvalue weighted by Crippen LogP contribution is -3.28. The van der Waals surface area contributed by atoms with Gasteiger partial charge in [-0.15, -0.1) is 0 Å². The lowest BCUT2D eigenvalue weighted by atomic mass is 10.3. The van der Waals surface area contributed by atoms with Gasteiger partial charge < -0.3 is 25.2 Å². The van der Waals surface area contributed by atoms with E-state index >= 15 is 0 Å². The molecule has 0 atom stereocenters. The van der Waals surface area contributed by atoms with Gasteiger partial charge in [0.15, 0.2) is 5.11 Å². The molecule has 4 N–H and O–H groups in total. The van der Waals surface area contributed by atoms with Gasteiger partial charge in [-0.1, -0.05) is 0 Å². The van der Waals surface area contributed by atoms with Crippen LogP contribution in [-0.2, 0) is 0 Å². The highest BCUT2D eigenvalue weighted by molar-refractivity contribution is 7.80. The summed E-state index contributed by atoms with van der Waals surface area (Å²) in [6.45, 7) is 10.9. The Morgan fingerprint density at radius 2 is 1.78 bits per heavy atom. The van der Waals surface area contributed by atoms with Crippen molar-refractivity contribution in [3.63, 3.8) is 0 Å². The van der Waals surface area contributed by atoms with Gasteiger partial charge in [0.05, 0.1) is 20.2 Å². The van der Waals surface area contributed by atoms with Gasteiger partial charge in [-0.05, 0) is 43.4 Å². The molecule has 1 aliphatic heterocycles. The summed E-state index contributed by atoms with van der Waals surface area (Å²) < 4.78 is 5.14. The van der Waals surface area contributed by atoms with Gasteiger partial charge in [0.2, 0.25) is 0 Å². The molecule has 0 unspecified atom stereocenters. The summed E-state index contributed by atoms with van der Waals surface area (Å²) in [7, 11) is 1.67. The summed E-state index contributed by atoms with van der Waals surface area (Å²) in [5.74, 6) is 0.849. The van der Waals surface area contributed by atoms with Crippen molar-refractivity contribution in [1.29, 1.82) is 0 Å². The van der Waals surface area contributed by atoms with Crippen LogP contribution in [0, 0.1) is 0 Å². The molecule has 0 aliphatic carbocycles. The van der Waals surface area contributed by atoms with Crippen LogP contribution in [0.25, 0.3) is 0 Å². The Balaban J connectivity index is 1.57. The maximum absolute atomic E-state index is 5.33. The molecule has 6 heteroatoms. The third-order valence-electron chi connectivity index (χ3n) is 4.50. The quantitative estimate of drug-likeness (QED) is 0.387. The minimum absolute atomic E-state index is 0.686. The standard InChI is InChI=1S/C17H28N4OS/c1-3-20-11-13-21(14-12-20)10-4-9-18-17(23)19-15-5-7-16(22-2)8-6-15/h5-8H,3-4,9-14H2,1-2H3,(H2,18,19,23)/p+2. The predicted molar refractivity (Wildman–Crippen MR) is 98.6 cm³/mol. The number of quaternary nitrogens is 2. The molecule has 1 heterocycles. The van der Waals surface area contributed by atoms with Crippen molar-refractivity contribution in [1.82, 2.24) is 5.32 Å². The molecule has 0 spiro atoms. The number of hydrogen-bond donors (Lipinski definition) is 4. The summed E-state index contributed by atoms with van der Waals surface area (Å²) in [6.07, 6.45) is 1.15. The minimum Gasteiger partial charge on any atom is -0.497 e. The van der Waals surface area contributed by atoms with Gasteiger partial charge in [0.25, 0.3) is 0 Å². The van der Waals surface area contributed by atoms with Gasteiger partial charge >= 0.3 is 0 Å². The summed E-state index contributed by atoms with van der Waals surface area (Å²) >= 11 is 5.33. The van der Waals surface area contributed by atoms with Crippen LogP contribution in [0.5, 0.6) is 5.75 Å². The summed E-state index contributed by atoms with van der Waals surface area (Å²) in [6, 6.07) is 7.78. The first kappa shape index (κ1) is 18.0. The number of ether oxygens (including phenoxy) is 1. The number of hydrogen-bond acceptors (Lipinski definition) is 2. The second-order valence-electron chi connectivity index (χ2n) is 6.07. The van der Waals surface area contributed by atoms with E-state index < -0.39 is 0 Å². The molecule has 0 saturated carbocycles. The number of thiocarbonyl (C=S) groups is 1. The molecule has 1 aliphatic rings. The van der Waals surface area contributed by atoms with E-state index in [1.807, 2.05) is 24.3 Å². The van der Waals surface area contributed by atoms with Crippen molar-refractivity contribution < 1.29 is 14.5 Å². The number of nitrogens with one attached hydrogen (secondary N) is 4. The Bertz CT molecular complexity index is 472. The highest BCUT2D eigenvalue weighted by Crippen LogP contribution is 2.14. The average Bonchev–Trinajstić information content (AvgIpc) is 2.60. The zero-order valence-corrected chi connectivity index (χ0v) is 15.1. The second kappa shape index (κ2) is 9.70. The van der Waals surface area contributed by atoms with Crippen LogP contribution < -0.4 is 25.2 Å². The van der Waals surface area contributed by atoms with E-state index in [-0.39, 0.29) is 0 Å². The Kier molecular flexibility index (Phi) is 7.58. The predicted octanol–water partition coefficient (Wildman–Crippen LogP) is -0.825. The number of benzene rings is 1. The van der Waals surface area contributed by atoms with Crippen LogP contribution in [-0.4, -0.2) is 58.0 Å². The monoisotopic (exact) mass is 338 g/mol. The summed E-state index contributed by atoms with van der Waals surface area (Å²) in [5, 5.41) is 7.18. The van der Waals surface area contributed by atoms with Gasteiger partial charge in [-0.25, -0.2) is 0 Å². The van der Waals surface area contributed by atoms with Crippen LogP contribution in [0.3, 0.4) is 0 Å². The molecular weight excluding hydrogens is 308 g/mol. The second-order valence-corrected chi connectivity index (χ2v) is 6.47. The molecule has 0 radical (unpaired) electrons. The molecule has 128 valence electrons. The van der Waals surface area contributed by atoms with Crippen molar-refractivity contribution in [2.75, 3.05) is 58.2 Å². The number of likely N-dealkylation sites (N-methyl/N-ethyl adjacent to an activating group) is 1. The molecule has 1 aromatic rings. The molecule has 0 bridgehead atoms. The molecule has 1 fully saturated rings. The van der Waals surface area contributed by atoms with E-state index in [4.69, 9.17) is 17.0 Å². The Morgan fingerprint density at radius 1 is 1.13 bits per heavy atom. The van der Waals surface area contributed by atoms with Gasteiger partial charge in [0.1, 0.15) is 31.9 Å². The van der Waals surface area contributed by atoms with Gasteiger partial charge in [0, 0.05) is 18.7 Å². The topological polar surface area (TPSA) is 42.2 Å². The smallest absolute Gasteiger partial charge is 0.170 e. The fraction of sp³-hybridized carbons (Fsp3) is 0.588. The van der Waals surface area contributed by atoms with E-state index in [1.165, 1.54) is 39.3 Å². The zero-order valence-electron chi connectivity index (χ0n) is 14.3. The Labute approximate surface area is 145 Å². The first-order valence-corrected chi connectivity index (χ1v) is 8.98. The van der Waals surface area contributed by atoms with Crippen LogP contribution in [0.1, 0.15) is 13.3 Å². The van der Waals surface area contributed by atoms with E-state index in [0.717, 1.165) is 24.4 Å². The van der Waals surface area contributed by atoms with Gasteiger partial charge in [-0.3, -0.25) is 0 Å². The summed E-state index contributed by atoms with van der Waals surface area (Å²) in [4.78, 5) is 3.48. The zero-order chi connectivity index (χ0) is 16.5. The number of rotatable bonds is 7. The van der Waals surface area contributed by atoms with Crippen molar-refractivity contribution in [3.8, 4) is 5.75 Å². The largest absolute Gasteiger partial charge is 0.497 e. The maximum Gasteiger partial charge on any atom is 0.170 e. The fourth-order valence-electron chi connectivity index (χ4n) is 2.95. The average molecular weight is 339 g/mol. The van der Waals surface area contributed by atoms with E-state index in [9.17, 15) is 0 Å². The SMILES string of the molecule is CC[NH+]1CC[NH+](CCCNC(=S)Nc2ccc(OC)cc2)CC1. The molecule has 2 rings (SSSR count). The first-order chi connectivity index (χ1) is 11.2. The van der Waals surface area contributed by atoms with Gasteiger partial charge in [-0.2, -0.15) is 0 Å². The minimum atomic E-state index is 0.686. The van der Waals surface area contributed by atoms with Crippen molar-refractivity contribution in [2.45, 2.75) is 13.3 Å². The molecule has 5 nitrogen and oxygen atoms in total. The van der Waals surface area contributed by atoms with E-state index in [1.54, 1.807) is 16.9 Å². The number of methoxy groups -OCH3 is 1. The number of piperazine rings is 1. The maximum atomic E-state index is 5.33. The third-order valence-corrected chi connectivity index (χ3v) is 4.75. The highest BCUT2D eigenvalue weighted by atomic mass is 32.1. The lowest BCUT2D eigenvalue weighted by molar-refractivity contribution is -1.01. The molecule has 1 saturated heterocycles. The molecule has 0 amide bonds. The van der Waals surface area contributed by atoms with Crippen LogP contribution in [0.15, 0.2) is 24.3 Å². The molecule has 0 aromatic heterocycles. The van der Waals surface area contributed by atoms with Crippen LogP contribution in [0.2, 0.25) is 0 Å². The van der Waals surface area contributed by atoms with Crippen molar-refractivity contribution in [3.05, 3.63) is 24.3 Å². The fourth-order valence-corrected chi connectivity index (χ4v) is 3.17. The lowest BCUT2D eigenvalue weighted by Gasteiger charge is -2.29. The van der Waals surface area contributed by atoms with Crippen LogP contribution in [0.4, 0.5) is 5.69 Å². The summed E-state index contributed by atoms with van der Waals surface area (Å²) in [5.41, 5.74) is 0.979. The normalized spacial score (nSPS) is 20.8. The number of anilines is 1. The Hall–Kier alpha value is -1.37. The highest BCUT2D eigenvalue weighted by Gasteiger charge is 2.20. The molecule has 1 aromatic carbocycles. The third kappa shape index (κ3) is 6.33.